The molecule has 124 valence electrons. The minimum absolute atomic E-state index is 0.270. The van der Waals surface area contributed by atoms with Crippen LogP contribution in [0.2, 0.25) is 0 Å². The number of methoxy groups -OCH3 is 1. The molecule has 0 amide bonds. The average Bonchev–Trinajstić information content (AvgIpc) is 2.48. The second-order valence-electron chi connectivity index (χ2n) is 5.73. The molecule has 0 bridgehead atoms. The fraction of sp³-hybridized carbons (Fsp3) is 0.625. The van der Waals surface area contributed by atoms with Crippen molar-refractivity contribution in [3.05, 3.63) is 29.3 Å². The molecule has 1 aliphatic rings. The molecule has 0 aromatic heterocycles. The van der Waals surface area contributed by atoms with E-state index in [1.54, 1.807) is 6.07 Å². The molecule has 1 aromatic carbocycles. The molecule has 0 radical (unpaired) electrons. The van der Waals surface area contributed by atoms with E-state index in [-0.39, 0.29) is 5.56 Å². The van der Waals surface area contributed by atoms with Crippen LogP contribution in [0.4, 0.5) is 13.2 Å². The molecule has 0 saturated carbocycles. The van der Waals surface area contributed by atoms with E-state index in [2.05, 4.69) is 16.8 Å². The highest BCUT2D eigenvalue weighted by Gasteiger charge is 2.34. The van der Waals surface area contributed by atoms with Crippen molar-refractivity contribution in [1.29, 1.82) is 0 Å². The Bertz CT molecular complexity index is 483. The van der Waals surface area contributed by atoms with Crippen LogP contribution in [-0.2, 0) is 12.6 Å². The number of halogens is 3. The van der Waals surface area contributed by atoms with Crippen LogP contribution in [0, 0.1) is 0 Å². The van der Waals surface area contributed by atoms with Crippen molar-refractivity contribution in [2.45, 2.75) is 19.0 Å². The van der Waals surface area contributed by atoms with Gasteiger partial charge in [-0.05, 0) is 38.6 Å². The molecule has 0 aliphatic carbocycles. The molecule has 1 aromatic rings. The molecule has 0 N–H and O–H groups in total. The predicted octanol–water partition coefficient (Wildman–Crippen LogP) is 2.89. The van der Waals surface area contributed by atoms with Gasteiger partial charge in [-0.15, -0.1) is 0 Å². The second-order valence-corrected chi connectivity index (χ2v) is 5.73. The van der Waals surface area contributed by atoms with Gasteiger partial charge in [-0.2, -0.15) is 13.2 Å². The third-order valence-electron chi connectivity index (χ3n) is 4.16. The summed E-state index contributed by atoms with van der Waals surface area (Å²) in [4.78, 5) is 4.57. The van der Waals surface area contributed by atoms with E-state index in [0.717, 1.165) is 38.8 Å². The zero-order valence-electron chi connectivity index (χ0n) is 13.1. The lowest BCUT2D eigenvalue weighted by atomic mass is 10.0. The van der Waals surface area contributed by atoms with E-state index in [4.69, 9.17) is 4.74 Å². The van der Waals surface area contributed by atoms with Crippen LogP contribution >= 0.6 is 0 Å². The van der Waals surface area contributed by atoms with Crippen molar-refractivity contribution in [2.75, 3.05) is 46.9 Å². The highest BCUT2D eigenvalue weighted by Crippen LogP contribution is 2.36. The van der Waals surface area contributed by atoms with Crippen LogP contribution in [0.5, 0.6) is 5.75 Å². The number of alkyl halides is 3. The van der Waals surface area contributed by atoms with Crippen LogP contribution in [-0.4, -0.2) is 56.7 Å². The van der Waals surface area contributed by atoms with Gasteiger partial charge >= 0.3 is 6.18 Å². The average molecular weight is 316 g/mol. The first-order valence-corrected chi connectivity index (χ1v) is 7.56. The lowest BCUT2D eigenvalue weighted by Crippen LogP contribution is -2.44. The lowest BCUT2D eigenvalue weighted by Gasteiger charge is -2.32. The Labute approximate surface area is 129 Å². The number of hydrogen-bond donors (Lipinski definition) is 0. The number of benzene rings is 1. The van der Waals surface area contributed by atoms with E-state index in [1.807, 2.05) is 0 Å². The van der Waals surface area contributed by atoms with Gasteiger partial charge in [0, 0.05) is 31.7 Å². The van der Waals surface area contributed by atoms with Crippen molar-refractivity contribution < 1.29 is 17.9 Å². The van der Waals surface area contributed by atoms with Gasteiger partial charge in [0.2, 0.25) is 0 Å². The van der Waals surface area contributed by atoms with Gasteiger partial charge in [-0.1, -0.05) is 6.07 Å². The topological polar surface area (TPSA) is 15.7 Å². The summed E-state index contributed by atoms with van der Waals surface area (Å²) in [7, 11) is 3.50. The quantitative estimate of drug-likeness (QED) is 0.831. The van der Waals surface area contributed by atoms with Crippen LogP contribution in [0.25, 0.3) is 0 Å². The Hall–Kier alpha value is -1.27. The maximum atomic E-state index is 13.1. The number of ether oxygens (including phenoxy) is 1. The molecule has 22 heavy (non-hydrogen) atoms. The molecule has 3 nitrogen and oxygen atoms in total. The molecule has 1 saturated heterocycles. The van der Waals surface area contributed by atoms with Gasteiger partial charge < -0.3 is 14.5 Å². The Kier molecular flexibility index (Phi) is 5.69. The van der Waals surface area contributed by atoms with Crippen molar-refractivity contribution in [2.24, 2.45) is 0 Å². The minimum atomic E-state index is -4.34. The summed E-state index contributed by atoms with van der Waals surface area (Å²) in [6, 6.07) is 4.12. The van der Waals surface area contributed by atoms with Gasteiger partial charge in [0.15, 0.2) is 0 Å². The Morgan fingerprint density at radius 2 is 1.82 bits per heavy atom. The molecular weight excluding hydrogens is 293 g/mol. The first-order chi connectivity index (χ1) is 10.4. The fourth-order valence-electron chi connectivity index (χ4n) is 2.83. The van der Waals surface area contributed by atoms with Gasteiger partial charge in [0.1, 0.15) is 5.75 Å². The summed E-state index contributed by atoms with van der Waals surface area (Å²) in [6.07, 6.45) is -3.25. The molecule has 1 aliphatic heterocycles. The van der Waals surface area contributed by atoms with Crippen molar-refractivity contribution in [3.63, 3.8) is 0 Å². The van der Waals surface area contributed by atoms with E-state index in [0.29, 0.717) is 18.6 Å². The summed E-state index contributed by atoms with van der Waals surface area (Å²) in [5.41, 5.74) is -0.308. The Balaban J connectivity index is 1.99. The van der Waals surface area contributed by atoms with Crippen molar-refractivity contribution >= 4 is 0 Å². The highest BCUT2D eigenvalue weighted by atomic mass is 19.4. The molecule has 6 heteroatoms. The molecular formula is C16H23F3N2O. The molecule has 2 rings (SSSR count). The zero-order chi connectivity index (χ0) is 16.2. The highest BCUT2D eigenvalue weighted by molar-refractivity contribution is 5.42. The van der Waals surface area contributed by atoms with Crippen LogP contribution in [0.15, 0.2) is 18.2 Å². The standard InChI is InChI=1S/C16H23F3N2O/c1-20-9-11-21(12-10-20)8-4-5-13-14(16(17,18)19)6-3-7-15(13)22-2/h3,6-7H,4-5,8-12H2,1-2H3. The zero-order valence-corrected chi connectivity index (χ0v) is 13.1. The summed E-state index contributed by atoms with van der Waals surface area (Å²) in [5.74, 6) is 0.327. The first-order valence-electron chi connectivity index (χ1n) is 7.56. The molecule has 0 spiro atoms. The third-order valence-corrected chi connectivity index (χ3v) is 4.16. The Morgan fingerprint density at radius 3 is 2.41 bits per heavy atom. The molecule has 1 fully saturated rings. The van der Waals surface area contributed by atoms with E-state index in [9.17, 15) is 13.2 Å². The summed E-state index contributed by atoms with van der Waals surface area (Å²) in [5, 5.41) is 0. The minimum Gasteiger partial charge on any atom is -0.496 e. The predicted molar refractivity (Wildman–Crippen MR) is 80.3 cm³/mol. The largest absolute Gasteiger partial charge is 0.496 e. The van der Waals surface area contributed by atoms with E-state index < -0.39 is 11.7 Å². The smallest absolute Gasteiger partial charge is 0.416 e. The number of hydrogen-bond acceptors (Lipinski definition) is 3. The molecule has 0 unspecified atom stereocenters. The second kappa shape index (κ2) is 7.33. The normalized spacial score (nSPS) is 17.7. The van der Waals surface area contributed by atoms with E-state index in [1.165, 1.54) is 13.2 Å². The SMILES string of the molecule is COc1cccc(C(F)(F)F)c1CCCN1CCN(C)CC1. The number of piperazine rings is 1. The van der Waals surface area contributed by atoms with Crippen LogP contribution in [0.3, 0.4) is 0 Å². The van der Waals surface area contributed by atoms with Gasteiger partial charge in [-0.3, -0.25) is 0 Å². The van der Waals surface area contributed by atoms with Crippen molar-refractivity contribution in [3.8, 4) is 5.75 Å². The Morgan fingerprint density at radius 1 is 1.14 bits per heavy atom. The molecule has 1 heterocycles. The maximum Gasteiger partial charge on any atom is 0.416 e. The van der Waals surface area contributed by atoms with Gasteiger partial charge in [-0.25, -0.2) is 0 Å². The summed E-state index contributed by atoms with van der Waals surface area (Å²) in [6.45, 7) is 4.82. The monoisotopic (exact) mass is 316 g/mol. The van der Waals surface area contributed by atoms with Crippen LogP contribution < -0.4 is 4.74 Å². The first kappa shape index (κ1) is 17.1. The number of nitrogens with zero attached hydrogens (tertiary/aromatic N) is 2. The summed E-state index contributed by atoms with van der Waals surface area (Å²) < 4.78 is 44.5. The fourth-order valence-corrected chi connectivity index (χ4v) is 2.83. The van der Waals surface area contributed by atoms with Crippen LogP contribution in [0.1, 0.15) is 17.5 Å². The number of rotatable bonds is 5. The third kappa shape index (κ3) is 4.36. The number of likely N-dealkylation sites (N-methyl/N-ethyl adjacent to an activating group) is 1. The van der Waals surface area contributed by atoms with Gasteiger partial charge in [0.05, 0.1) is 12.7 Å². The maximum absolute atomic E-state index is 13.1. The molecule has 0 atom stereocenters. The van der Waals surface area contributed by atoms with Crippen molar-refractivity contribution in [1.82, 2.24) is 9.80 Å². The van der Waals surface area contributed by atoms with E-state index >= 15 is 0 Å². The lowest BCUT2D eigenvalue weighted by molar-refractivity contribution is -0.138. The summed E-state index contributed by atoms with van der Waals surface area (Å²) >= 11 is 0. The van der Waals surface area contributed by atoms with Gasteiger partial charge in [0.25, 0.3) is 0 Å².